The van der Waals surface area contributed by atoms with Gasteiger partial charge >= 0.3 is 5.97 Å². The first-order chi connectivity index (χ1) is 5.97. The second-order valence-electron chi connectivity index (χ2n) is 3.23. The summed E-state index contributed by atoms with van der Waals surface area (Å²) < 4.78 is 4.18. The van der Waals surface area contributed by atoms with E-state index < -0.39 is 11.8 Å². The zero-order chi connectivity index (χ0) is 10.4. The molecule has 0 radical (unpaired) electrons. The minimum atomic E-state index is -0.947. The molecule has 0 aliphatic heterocycles. The van der Waals surface area contributed by atoms with Gasteiger partial charge in [-0.15, -0.1) is 0 Å². The zero-order valence-electron chi connectivity index (χ0n) is 8.12. The molecule has 0 heterocycles. The van der Waals surface area contributed by atoms with Crippen molar-refractivity contribution in [2.45, 2.75) is 26.7 Å². The van der Waals surface area contributed by atoms with Gasteiger partial charge in [-0.25, -0.2) is 4.79 Å². The second-order valence-corrected chi connectivity index (χ2v) is 3.23. The fourth-order valence-corrected chi connectivity index (χ4v) is 0.893. The Bertz CT molecular complexity index is 218. The van der Waals surface area contributed by atoms with Gasteiger partial charge in [-0.3, -0.25) is 9.59 Å². The Morgan fingerprint density at radius 2 is 1.77 bits per heavy atom. The lowest BCUT2D eigenvalue weighted by molar-refractivity contribution is -0.152. The predicted molar refractivity (Wildman–Crippen MR) is 46.1 cm³/mol. The van der Waals surface area contributed by atoms with E-state index in [1.54, 1.807) is 0 Å². The van der Waals surface area contributed by atoms with Crippen molar-refractivity contribution in [3.8, 4) is 0 Å². The first-order valence-corrected chi connectivity index (χ1v) is 4.10. The molecule has 74 valence electrons. The van der Waals surface area contributed by atoms with Crippen LogP contribution in [0.1, 0.15) is 26.7 Å². The Morgan fingerprint density at radius 3 is 2.15 bits per heavy atom. The number of esters is 1. The van der Waals surface area contributed by atoms with Crippen molar-refractivity contribution in [2.24, 2.45) is 5.92 Å². The molecule has 0 unspecified atom stereocenters. The van der Waals surface area contributed by atoms with Crippen LogP contribution >= 0.6 is 0 Å². The van der Waals surface area contributed by atoms with E-state index in [1.807, 2.05) is 13.8 Å². The Labute approximate surface area is 77.3 Å². The van der Waals surface area contributed by atoms with Crippen LogP contribution in [0, 0.1) is 5.92 Å². The molecule has 0 atom stereocenters. The first-order valence-electron chi connectivity index (χ1n) is 4.10. The van der Waals surface area contributed by atoms with E-state index in [0.29, 0.717) is 6.42 Å². The molecule has 13 heavy (non-hydrogen) atoms. The summed E-state index contributed by atoms with van der Waals surface area (Å²) in [5.74, 6) is -1.73. The van der Waals surface area contributed by atoms with Crippen LogP contribution in [0.15, 0.2) is 0 Å². The SMILES string of the molecule is COC(=O)C(=O)CC(=O)CC(C)C. The lowest BCUT2D eigenvalue weighted by Gasteiger charge is -2.01. The number of hydrogen-bond acceptors (Lipinski definition) is 4. The van der Waals surface area contributed by atoms with E-state index in [1.165, 1.54) is 0 Å². The van der Waals surface area contributed by atoms with Crippen molar-refractivity contribution in [2.75, 3.05) is 7.11 Å². The molecule has 0 amide bonds. The molecule has 0 aliphatic rings. The van der Waals surface area contributed by atoms with Gasteiger partial charge in [0.2, 0.25) is 5.78 Å². The number of ketones is 2. The van der Waals surface area contributed by atoms with E-state index in [9.17, 15) is 14.4 Å². The largest absolute Gasteiger partial charge is 0.463 e. The van der Waals surface area contributed by atoms with Crippen molar-refractivity contribution in [1.29, 1.82) is 0 Å². The minimum Gasteiger partial charge on any atom is -0.463 e. The number of hydrogen-bond donors (Lipinski definition) is 0. The summed E-state index contributed by atoms with van der Waals surface area (Å²) in [5, 5.41) is 0. The van der Waals surface area contributed by atoms with Gasteiger partial charge < -0.3 is 4.74 Å². The van der Waals surface area contributed by atoms with Crippen molar-refractivity contribution in [1.82, 2.24) is 0 Å². The number of carbonyl (C=O) groups excluding carboxylic acids is 3. The van der Waals surface area contributed by atoms with Gasteiger partial charge in [0.25, 0.3) is 0 Å². The summed E-state index contributed by atoms with van der Waals surface area (Å²) in [6.45, 7) is 3.75. The molecule has 0 saturated carbocycles. The van der Waals surface area contributed by atoms with Crippen LogP contribution in [0.25, 0.3) is 0 Å². The number of ether oxygens (including phenoxy) is 1. The highest BCUT2D eigenvalue weighted by Crippen LogP contribution is 2.03. The maximum Gasteiger partial charge on any atom is 0.374 e. The average molecular weight is 186 g/mol. The molecular formula is C9H14O4. The minimum absolute atomic E-state index is 0.206. The normalized spacial score (nSPS) is 9.85. The van der Waals surface area contributed by atoms with Gasteiger partial charge in [0.1, 0.15) is 5.78 Å². The molecule has 4 nitrogen and oxygen atoms in total. The summed E-state index contributed by atoms with van der Waals surface area (Å²) in [4.78, 5) is 32.5. The van der Waals surface area contributed by atoms with E-state index in [0.717, 1.165) is 7.11 Å². The van der Waals surface area contributed by atoms with Gasteiger partial charge in [0.15, 0.2) is 0 Å². The van der Waals surface area contributed by atoms with Gasteiger partial charge in [-0.05, 0) is 5.92 Å². The Kier molecular flexibility index (Phi) is 4.96. The van der Waals surface area contributed by atoms with Crippen LogP contribution in [-0.4, -0.2) is 24.6 Å². The van der Waals surface area contributed by atoms with Gasteiger partial charge in [-0.1, -0.05) is 13.8 Å². The molecule has 0 fully saturated rings. The quantitative estimate of drug-likeness (QED) is 0.361. The molecule has 0 bridgehead atoms. The number of carbonyl (C=O) groups is 3. The van der Waals surface area contributed by atoms with E-state index in [-0.39, 0.29) is 18.1 Å². The molecule has 0 spiro atoms. The van der Waals surface area contributed by atoms with Crippen LogP contribution in [0.3, 0.4) is 0 Å². The molecule has 4 heteroatoms. The maximum atomic E-state index is 11.1. The van der Waals surface area contributed by atoms with E-state index >= 15 is 0 Å². The highest BCUT2D eigenvalue weighted by molar-refractivity contribution is 6.37. The molecule has 0 aromatic carbocycles. The summed E-state index contributed by atoms with van der Waals surface area (Å²) in [6, 6.07) is 0. The highest BCUT2D eigenvalue weighted by atomic mass is 16.5. The standard InChI is InChI=1S/C9H14O4/c1-6(2)4-7(10)5-8(11)9(12)13-3/h6H,4-5H2,1-3H3. The molecule has 0 saturated heterocycles. The van der Waals surface area contributed by atoms with Crippen LogP contribution in [0.5, 0.6) is 0 Å². The summed E-state index contributed by atoms with van der Waals surface area (Å²) in [7, 11) is 1.12. The van der Waals surface area contributed by atoms with Gasteiger partial charge in [0, 0.05) is 6.42 Å². The lowest BCUT2D eigenvalue weighted by Crippen LogP contribution is -2.19. The third-order valence-electron chi connectivity index (χ3n) is 1.41. The molecule has 0 rings (SSSR count). The monoisotopic (exact) mass is 186 g/mol. The number of Topliss-reactive ketones (excluding diaryl/α,β-unsaturated/α-hetero) is 2. The highest BCUT2D eigenvalue weighted by Gasteiger charge is 2.18. The van der Waals surface area contributed by atoms with E-state index in [2.05, 4.69) is 4.74 Å². The smallest absolute Gasteiger partial charge is 0.374 e. The van der Waals surface area contributed by atoms with Crippen molar-refractivity contribution in [3.05, 3.63) is 0 Å². The number of methoxy groups -OCH3 is 1. The Morgan fingerprint density at radius 1 is 1.23 bits per heavy atom. The number of rotatable bonds is 5. The average Bonchev–Trinajstić information content (AvgIpc) is 2.01. The predicted octanol–water partition coefficient (Wildman–Crippen LogP) is 0.734. The summed E-state index contributed by atoms with van der Waals surface area (Å²) in [6.07, 6.45) is -0.0203. The third-order valence-corrected chi connectivity index (χ3v) is 1.41. The van der Waals surface area contributed by atoms with Gasteiger partial charge in [0.05, 0.1) is 13.5 Å². The topological polar surface area (TPSA) is 60.4 Å². The molecule has 0 aromatic rings. The fourth-order valence-electron chi connectivity index (χ4n) is 0.893. The van der Waals surface area contributed by atoms with Crippen molar-refractivity contribution >= 4 is 17.5 Å². The van der Waals surface area contributed by atoms with Crippen LogP contribution < -0.4 is 0 Å². The molecular weight excluding hydrogens is 172 g/mol. The second kappa shape index (κ2) is 5.45. The fraction of sp³-hybridized carbons (Fsp3) is 0.667. The van der Waals surface area contributed by atoms with Crippen molar-refractivity contribution < 1.29 is 19.1 Å². The van der Waals surface area contributed by atoms with Crippen LogP contribution in [-0.2, 0) is 19.1 Å². The third kappa shape index (κ3) is 5.11. The maximum absolute atomic E-state index is 11.1. The van der Waals surface area contributed by atoms with Crippen molar-refractivity contribution in [3.63, 3.8) is 0 Å². The molecule has 0 aliphatic carbocycles. The Hall–Kier alpha value is -1.19. The Balaban J connectivity index is 3.92. The van der Waals surface area contributed by atoms with Crippen LogP contribution in [0.2, 0.25) is 0 Å². The first kappa shape index (κ1) is 11.8. The van der Waals surface area contributed by atoms with E-state index in [4.69, 9.17) is 0 Å². The lowest BCUT2D eigenvalue weighted by atomic mass is 10.0. The zero-order valence-corrected chi connectivity index (χ0v) is 8.12. The van der Waals surface area contributed by atoms with Crippen LogP contribution in [0.4, 0.5) is 0 Å². The summed E-state index contributed by atoms with van der Waals surface area (Å²) in [5.41, 5.74) is 0. The van der Waals surface area contributed by atoms with Gasteiger partial charge in [-0.2, -0.15) is 0 Å². The molecule has 0 N–H and O–H groups in total. The summed E-state index contributed by atoms with van der Waals surface area (Å²) >= 11 is 0. The molecule has 0 aromatic heterocycles.